The van der Waals surface area contributed by atoms with Crippen molar-refractivity contribution in [3.63, 3.8) is 0 Å². The number of anilines is 2. The van der Waals surface area contributed by atoms with E-state index >= 15 is 0 Å². The highest BCUT2D eigenvalue weighted by Gasteiger charge is 2.11. The number of aromatic nitrogens is 2. The second-order valence-corrected chi connectivity index (χ2v) is 3.89. The molecule has 0 saturated carbocycles. The minimum Gasteiger partial charge on any atom is -0.369 e. The smallest absolute Gasteiger partial charge is 0.239 e. The van der Waals surface area contributed by atoms with Gasteiger partial charge in [-0.05, 0) is 13.3 Å². The van der Waals surface area contributed by atoms with E-state index in [0.717, 1.165) is 31.1 Å². The third-order valence-corrected chi connectivity index (χ3v) is 2.41. The summed E-state index contributed by atoms with van der Waals surface area (Å²) in [6.45, 7) is 5.94. The number of amides is 1. The highest BCUT2D eigenvalue weighted by atomic mass is 16.1. The van der Waals surface area contributed by atoms with E-state index in [4.69, 9.17) is 0 Å². The van der Waals surface area contributed by atoms with E-state index in [1.165, 1.54) is 0 Å². The van der Waals surface area contributed by atoms with Crippen LogP contribution in [0.25, 0.3) is 0 Å². The largest absolute Gasteiger partial charge is 0.369 e. The van der Waals surface area contributed by atoms with Crippen molar-refractivity contribution in [2.45, 2.75) is 20.3 Å². The number of carbonyl (C=O) groups excluding carboxylic acids is 1. The van der Waals surface area contributed by atoms with E-state index < -0.39 is 0 Å². The zero-order valence-corrected chi connectivity index (χ0v) is 11.2. The maximum Gasteiger partial charge on any atom is 0.239 e. The molecule has 0 radical (unpaired) electrons. The van der Waals surface area contributed by atoms with E-state index in [0.29, 0.717) is 6.54 Å². The summed E-state index contributed by atoms with van der Waals surface area (Å²) in [6.07, 6.45) is 4.31. The summed E-state index contributed by atoms with van der Waals surface area (Å²) < 4.78 is 0. The van der Waals surface area contributed by atoms with E-state index in [2.05, 4.69) is 27.5 Å². The van der Waals surface area contributed by atoms with Gasteiger partial charge in [0.05, 0.1) is 18.9 Å². The molecule has 0 aliphatic carbocycles. The summed E-state index contributed by atoms with van der Waals surface area (Å²) in [4.78, 5) is 22.0. The van der Waals surface area contributed by atoms with Crippen molar-refractivity contribution in [3.05, 3.63) is 12.4 Å². The standard InChI is InChI=1S/C12H21N5O/c1-4-6-17(9-12(18)13-3)11-8-14-7-10(16-11)15-5-2/h7-8H,4-6,9H2,1-3H3,(H,13,18)(H,15,16). The van der Waals surface area contributed by atoms with Gasteiger partial charge >= 0.3 is 0 Å². The zero-order chi connectivity index (χ0) is 13.4. The molecule has 1 rings (SSSR count). The molecule has 1 aromatic heterocycles. The predicted octanol–water partition coefficient (Wildman–Crippen LogP) is 0.871. The van der Waals surface area contributed by atoms with Gasteiger partial charge in [0.15, 0.2) is 0 Å². The van der Waals surface area contributed by atoms with Gasteiger partial charge in [0.1, 0.15) is 11.6 Å². The molecule has 0 saturated heterocycles. The molecule has 18 heavy (non-hydrogen) atoms. The van der Waals surface area contributed by atoms with Crippen LogP contribution in [0.3, 0.4) is 0 Å². The highest BCUT2D eigenvalue weighted by Crippen LogP contribution is 2.12. The molecule has 0 spiro atoms. The number of carbonyl (C=O) groups is 1. The van der Waals surface area contributed by atoms with Crippen LogP contribution in [-0.2, 0) is 4.79 Å². The first kappa shape index (κ1) is 14.2. The maximum absolute atomic E-state index is 11.5. The van der Waals surface area contributed by atoms with Crippen molar-refractivity contribution in [3.8, 4) is 0 Å². The Kier molecular flexibility index (Phi) is 5.90. The Hall–Kier alpha value is -1.85. The summed E-state index contributed by atoms with van der Waals surface area (Å²) >= 11 is 0. The van der Waals surface area contributed by atoms with E-state index in [-0.39, 0.29) is 5.91 Å². The monoisotopic (exact) mass is 251 g/mol. The summed E-state index contributed by atoms with van der Waals surface area (Å²) in [5.41, 5.74) is 0. The average Bonchev–Trinajstić information content (AvgIpc) is 2.39. The van der Waals surface area contributed by atoms with Gasteiger partial charge in [-0.3, -0.25) is 9.78 Å². The lowest BCUT2D eigenvalue weighted by molar-refractivity contribution is -0.119. The fourth-order valence-corrected chi connectivity index (χ4v) is 1.57. The Morgan fingerprint density at radius 1 is 1.39 bits per heavy atom. The van der Waals surface area contributed by atoms with Crippen molar-refractivity contribution in [2.75, 3.05) is 36.9 Å². The fourth-order valence-electron chi connectivity index (χ4n) is 1.57. The molecular weight excluding hydrogens is 230 g/mol. The second kappa shape index (κ2) is 7.47. The second-order valence-electron chi connectivity index (χ2n) is 3.89. The van der Waals surface area contributed by atoms with Crippen molar-refractivity contribution in [1.29, 1.82) is 0 Å². The molecule has 0 aromatic carbocycles. The first-order chi connectivity index (χ1) is 8.71. The van der Waals surface area contributed by atoms with Gasteiger partial charge in [0.2, 0.25) is 5.91 Å². The van der Waals surface area contributed by atoms with Crippen LogP contribution in [0.15, 0.2) is 12.4 Å². The highest BCUT2D eigenvalue weighted by molar-refractivity contribution is 5.80. The zero-order valence-electron chi connectivity index (χ0n) is 11.2. The third-order valence-electron chi connectivity index (χ3n) is 2.41. The van der Waals surface area contributed by atoms with Gasteiger partial charge in [-0.1, -0.05) is 6.92 Å². The Morgan fingerprint density at radius 2 is 2.17 bits per heavy atom. The van der Waals surface area contributed by atoms with Gasteiger partial charge in [0.25, 0.3) is 0 Å². The molecule has 0 bridgehead atoms. The number of rotatable bonds is 7. The fraction of sp³-hybridized carbons (Fsp3) is 0.583. The van der Waals surface area contributed by atoms with Crippen LogP contribution in [-0.4, -0.2) is 42.6 Å². The molecule has 1 aromatic rings. The number of hydrogen-bond donors (Lipinski definition) is 2. The van der Waals surface area contributed by atoms with Crippen molar-refractivity contribution in [1.82, 2.24) is 15.3 Å². The number of likely N-dealkylation sites (N-methyl/N-ethyl adjacent to an activating group) is 1. The molecule has 100 valence electrons. The van der Waals surface area contributed by atoms with E-state index in [1.54, 1.807) is 19.4 Å². The van der Waals surface area contributed by atoms with E-state index in [9.17, 15) is 4.79 Å². The first-order valence-corrected chi connectivity index (χ1v) is 6.22. The lowest BCUT2D eigenvalue weighted by atomic mass is 10.4. The minimum atomic E-state index is -0.0286. The molecular formula is C12H21N5O. The van der Waals surface area contributed by atoms with Gasteiger partial charge < -0.3 is 15.5 Å². The van der Waals surface area contributed by atoms with Crippen molar-refractivity contribution >= 4 is 17.5 Å². The molecule has 6 nitrogen and oxygen atoms in total. The quantitative estimate of drug-likeness (QED) is 0.752. The third kappa shape index (κ3) is 4.20. The van der Waals surface area contributed by atoms with Crippen LogP contribution in [0.2, 0.25) is 0 Å². The van der Waals surface area contributed by atoms with E-state index in [1.807, 2.05) is 11.8 Å². The summed E-state index contributed by atoms with van der Waals surface area (Å²) in [5, 5.41) is 5.73. The molecule has 6 heteroatoms. The van der Waals surface area contributed by atoms with Gasteiger partial charge in [-0.2, -0.15) is 0 Å². The Morgan fingerprint density at radius 3 is 2.78 bits per heavy atom. The maximum atomic E-state index is 11.5. The molecule has 2 N–H and O–H groups in total. The molecule has 0 unspecified atom stereocenters. The molecule has 0 fully saturated rings. The summed E-state index contributed by atoms with van der Waals surface area (Å²) in [6, 6.07) is 0. The normalized spacial score (nSPS) is 9.94. The molecule has 0 atom stereocenters. The van der Waals surface area contributed by atoms with Crippen molar-refractivity contribution in [2.24, 2.45) is 0 Å². The lowest BCUT2D eigenvalue weighted by Crippen LogP contribution is -2.36. The minimum absolute atomic E-state index is 0.0286. The number of nitrogens with one attached hydrogen (secondary N) is 2. The van der Waals surface area contributed by atoms with Crippen LogP contribution in [0.1, 0.15) is 20.3 Å². The Labute approximate surface area is 108 Å². The van der Waals surface area contributed by atoms with Gasteiger partial charge in [0, 0.05) is 20.1 Å². The van der Waals surface area contributed by atoms with Crippen LogP contribution < -0.4 is 15.5 Å². The topological polar surface area (TPSA) is 70.2 Å². The Balaban J connectivity index is 2.83. The molecule has 0 aliphatic rings. The van der Waals surface area contributed by atoms with Gasteiger partial charge in [-0.15, -0.1) is 0 Å². The molecule has 1 amide bonds. The van der Waals surface area contributed by atoms with Gasteiger partial charge in [-0.25, -0.2) is 4.98 Å². The Bertz CT molecular complexity index is 382. The SMILES string of the molecule is CCCN(CC(=O)NC)c1cncc(NCC)n1. The van der Waals surface area contributed by atoms with Crippen LogP contribution >= 0.6 is 0 Å². The van der Waals surface area contributed by atoms with Crippen molar-refractivity contribution < 1.29 is 4.79 Å². The first-order valence-electron chi connectivity index (χ1n) is 6.22. The van der Waals surface area contributed by atoms with Crippen LogP contribution in [0.5, 0.6) is 0 Å². The van der Waals surface area contributed by atoms with Crippen LogP contribution in [0, 0.1) is 0 Å². The summed E-state index contributed by atoms with van der Waals surface area (Å²) in [5.74, 6) is 1.42. The molecule has 1 heterocycles. The average molecular weight is 251 g/mol. The van der Waals surface area contributed by atoms with Crippen LogP contribution in [0.4, 0.5) is 11.6 Å². The number of nitrogens with zero attached hydrogens (tertiary/aromatic N) is 3. The molecule has 0 aliphatic heterocycles. The summed E-state index contributed by atoms with van der Waals surface area (Å²) in [7, 11) is 1.63. The predicted molar refractivity (Wildman–Crippen MR) is 72.8 cm³/mol. The lowest BCUT2D eigenvalue weighted by Gasteiger charge is -2.22. The number of hydrogen-bond acceptors (Lipinski definition) is 5.